The number of anilines is 2. The van der Waals surface area contributed by atoms with E-state index in [0.29, 0.717) is 30.5 Å². The lowest BCUT2D eigenvalue weighted by Crippen LogP contribution is -2.48. The molecular weight excluding hydrogens is 452 g/mol. The summed E-state index contributed by atoms with van der Waals surface area (Å²) in [5.41, 5.74) is 3.62. The van der Waals surface area contributed by atoms with Crippen molar-refractivity contribution in [3.63, 3.8) is 0 Å². The van der Waals surface area contributed by atoms with Gasteiger partial charge in [-0.2, -0.15) is 4.98 Å². The van der Waals surface area contributed by atoms with Crippen LogP contribution in [0.5, 0.6) is 0 Å². The second-order valence-electron chi connectivity index (χ2n) is 8.27. The molecule has 11 heteroatoms. The highest BCUT2D eigenvalue weighted by Gasteiger charge is 2.39. The highest BCUT2D eigenvalue weighted by molar-refractivity contribution is 7.85. The second kappa shape index (κ2) is 7.58. The van der Waals surface area contributed by atoms with Gasteiger partial charge in [-0.25, -0.2) is 15.0 Å². The SMILES string of the molecule is O=[S@]1CCc2nc(N3CC=C(c4nc5scnc5s4)CC3)nc(NC3(CO)CCC3)c21. The van der Waals surface area contributed by atoms with E-state index in [-0.39, 0.29) is 12.1 Å². The monoisotopic (exact) mass is 474 g/mol. The Bertz CT molecular complexity index is 1180. The fourth-order valence-corrected chi connectivity index (χ4v) is 7.48. The van der Waals surface area contributed by atoms with Gasteiger partial charge in [0.2, 0.25) is 5.95 Å². The minimum Gasteiger partial charge on any atom is -0.394 e. The third-order valence-corrected chi connectivity index (χ3v) is 9.70. The number of fused-ring (bicyclic) bond motifs is 2. The van der Waals surface area contributed by atoms with Crippen LogP contribution in [0.2, 0.25) is 0 Å². The van der Waals surface area contributed by atoms with Crippen LogP contribution in [-0.2, 0) is 17.2 Å². The van der Waals surface area contributed by atoms with Gasteiger partial charge < -0.3 is 15.3 Å². The van der Waals surface area contributed by atoms with Crippen LogP contribution < -0.4 is 10.2 Å². The summed E-state index contributed by atoms with van der Waals surface area (Å²) in [6.45, 7) is 1.57. The Morgan fingerprint density at radius 2 is 2.13 bits per heavy atom. The van der Waals surface area contributed by atoms with Gasteiger partial charge in [0.1, 0.15) is 15.7 Å². The highest BCUT2D eigenvalue weighted by Crippen LogP contribution is 2.39. The second-order valence-corrected chi connectivity index (χ2v) is 11.6. The molecule has 0 unspecified atom stereocenters. The first-order valence-electron chi connectivity index (χ1n) is 10.5. The molecule has 2 aliphatic heterocycles. The zero-order valence-electron chi connectivity index (χ0n) is 16.8. The lowest BCUT2D eigenvalue weighted by Gasteiger charge is -2.41. The molecule has 1 atom stereocenters. The molecule has 3 aromatic heterocycles. The van der Waals surface area contributed by atoms with E-state index >= 15 is 0 Å². The average molecular weight is 475 g/mol. The summed E-state index contributed by atoms with van der Waals surface area (Å²) in [6, 6.07) is 0. The quantitative estimate of drug-likeness (QED) is 0.582. The molecule has 0 aromatic carbocycles. The molecule has 3 aromatic rings. The van der Waals surface area contributed by atoms with E-state index < -0.39 is 10.8 Å². The van der Waals surface area contributed by atoms with Gasteiger partial charge in [-0.05, 0) is 31.3 Å². The number of nitrogens with one attached hydrogen (secondary N) is 1. The predicted molar refractivity (Wildman–Crippen MR) is 124 cm³/mol. The van der Waals surface area contributed by atoms with Gasteiger partial charge in [-0.3, -0.25) is 4.21 Å². The normalized spacial score (nSPS) is 22.3. The van der Waals surface area contributed by atoms with Crippen molar-refractivity contribution in [2.24, 2.45) is 0 Å². The van der Waals surface area contributed by atoms with E-state index in [0.717, 1.165) is 57.5 Å². The third kappa shape index (κ3) is 3.38. The number of aliphatic hydroxyl groups is 1. The number of aryl methyl sites for hydroxylation is 1. The van der Waals surface area contributed by atoms with Crippen LogP contribution in [0.4, 0.5) is 11.8 Å². The van der Waals surface area contributed by atoms with Crippen molar-refractivity contribution >= 4 is 60.5 Å². The van der Waals surface area contributed by atoms with Crippen molar-refractivity contribution in [1.82, 2.24) is 19.9 Å². The fourth-order valence-electron chi connectivity index (χ4n) is 4.35. The van der Waals surface area contributed by atoms with Gasteiger partial charge in [-0.1, -0.05) is 17.4 Å². The molecule has 31 heavy (non-hydrogen) atoms. The summed E-state index contributed by atoms with van der Waals surface area (Å²) in [7, 11) is -1.08. The zero-order valence-corrected chi connectivity index (χ0v) is 19.3. The third-order valence-electron chi connectivity index (χ3n) is 6.35. The molecule has 5 heterocycles. The number of rotatable bonds is 5. The van der Waals surface area contributed by atoms with Gasteiger partial charge >= 0.3 is 0 Å². The number of aliphatic hydroxyl groups excluding tert-OH is 1. The number of thiazole rings is 2. The first kappa shape index (κ1) is 19.7. The van der Waals surface area contributed by atoms with E-state index in [1.54, 1.807) is 22.7 Å². The number of aromatic nitrogens is 4. The Kier molecular flexibility index (Phi) is 4.82. The van der Waals surface area contributed by atoms with Gasteiger partial charge in [0, 0.05) is 25.3 Å². The summed E-state index contributed by atoms with van der Waals surface area (Å²) < 4.78 is 12.6. The van der Waals surface area contributed by atoms with Gasteiger partial charge in [0.05, 0.1) is 34.1 Å². The predicted octanol–water partition coefficient (Wildman–Crippen LogP) is 2.83. The Morgan fingerprint density at radius 1 is 1.23 bits per heavy atom. The van der Waals surface area contributed by atoms with Crippen LogP contribution in [0.3, 0.4) is 0 Å². The standard InChI is InChI=1S/C20H22N6O2S3/c27-10-20(5-1-6-20)25-15-14-13(4-9-31(14)28)22-19(23-15)26-7-2-12(3-8-26)16-24-18-17(30-16)21-11-29-18/h2,11,27H,1,3-10H2,(H,22,23,25)/t31-/m0/s1. The largest absolute Gasteiger partial charge is 0.394 e. The molecular formula is C20H22N6O2S3. The van der Waals surface area contributed by atoms with E-state index in [9.17, 15) is 9.32 Å². The van der Waals surface area contributed by atoms with Crippen molar-refractivity contribution in [2.75, 3.05) is 35.7 Å². The van der Waals surface area contributed by atoms with Crippen LogP contribution >= 0.6 is 22.7 Å². The van der Waals surface area contributed by atoms with Crippen LogP contribution in [-0.4, -0.2) is 60.2 Å². The Labute approximate surface area is 189 Å². The zero-order chi connectivity index (χ0) is 21.0. The Hall–Kier alpha value is -1.95. The molecule has 1 saturated carbocycles. The molecule has 8 nitrogen and oxygen atoms in total. The first-order chi connectivity index (χ1) is 15.1. The first-order valence-corrected chi connectivity index (χ1v) is 13.5. The van der Waals surface area contributed by atoms with Crippen LogP contribution in [0.1, 0.15) is 36.4 Å². The maximum atomic E-state index is 12.6. The lowest BCUT2D eigenvalue weighted by atomic mass is 9.77. The van der Waals surface area contributed by atoms with Crippen molar-refractivity contribution in [2.45, 2.75) is 42.5 Å². The van der Waals surface area contributed by atoms with Crippen LogP contribution in [0.15, 0.2) is 16.5 Å². The lowest BCUT2D eigenvalue weighted by molar-refractivity contribution is 0.143. The summed E-state index contributed by atoms with van der Waals surface area (Å²) in [5, 5.41) is 14.4. The summed E-state index contributed by atoms with van der Waals surface area (Å²) >= 11 is 3.22. The molecule has 162 valence electrons. The van der Waals surface area contributed by atoms with Gasteiger partial charge in [0.15, 0.2) is 9.66 Å². The van der Waals surface area contributed by atoms with Crippen molar-refractivity contribution in [3.05, 3.63) is 22.3 Å². The molecule has 1 fully saturated rings. The average Bonchev–Trinajstić information content (AvgIpc) is 3.46. The number of hydrogen-bond donors (Lipinski definition) is 2. The van der Waals surface area contributed by atoms with E-state index in [4.69, 9.17) is 15.0 Å². The molecule has 0 saturated heterocycles. The summed E-state index contributed by atoms with van der Waals surface area (Å²) in [4.78, 5) is 23.6. The van der Waals surface area contributed by atoms with Gasteiger partial charge in [0.25, 0.3) is 0 Å². The number of hydrogen-bond acceptors (Lipinski definition) is 10. The van der Waals surface area contributed by atoms with Crippen molar-refractivity contribution in [1.29, 1.82) is 0 Å². The molecule has 0 radical (unpaired) electrons. The van der Waals surface area contributed by atoms with Gasteiger partial charge in [-0.15, -0.1) is 11.3 Å². The molecule has 1 aliphatic carbocycles. The van der Waals surface area contributed by atoms with Crippen LogP contribution in [0.25, 0.3) is 15.2 Å². The smallest absolute Gasteiger partial charge is 0.227 e. The Balaban J connectivity index is 1.28. The maximum Gasteiger partial charge on any atom is 0.227 e. The molecule has 3 aliphatic rings. The minimum absolute atomic E-state index is 0.0592. The van der Waals surface area contributed by atoms with Crippen molar-refractivity contribution < 1.29 is 9.32 Å². The van der Waals surface area contributed by atoms with Crippen molar-refractivity contribution in [3.8, 4) is 0 Å². The highest BCUT2D eigenvalue weighted by atomic mass is 32.2. The maximum absolute atomic E-state index is 12.6. The molecule has 0 bridgehead atoms. The summed E-state index contributed by atoms with van der Waals surface area (Å²) in [6.07, 6.45) is 6.67. The van der Waals surface area contributed by atoms with E-state index in [2.05, 4.69) is 21.3 Å². The topological polar surface area (TPSA) is 104 Å². The van der Waals surface area contributed by atoms with E-state index in [1.807, 2.05) is 5.51 Å². The Morgan fingerprint density at radius 3 is 2.84 bits per heavy atom. The minimum atomic E-state index is -1.08. The molecule has 6 rings (SSSR count). The van der Waals surface area contributed by atoms with Crippen LogP contribution in [0, 0.1) is 0 Å². The molecule has 2 N–H and O–H groups in total. The summed E-state index contributed by atoms with van der Waals surface area (Å²) in [5.74, 6) is 1.91. The van der Waals surface area contributed by atoms with E-state index in [1.165, 1.54) is 5.57 Å². The molecule has 0 amide bonds. The molecule has 0 spiro atoms. The number of nitrogens with zero attached hydrogens (tertiary/aromatic N) is 5. The fraction of sp³-hybridized carbons (Fsp3) is 0.500.